The van der Waals surface area contributed by atoms with Crippen LogP contribution in [0.4, 0.5) is 0 Å². The maximum absolute atomic E-state index is 4.68. The van der Waals surface area contributed by atoms with Crippen LogP contribution in [-0.2, 0) is 12.8 Å². The van der Waals surface area contributed by atoms with Crippen molar-refractivity contribution in [2.24, 2.45) is 0 Å². The molecule has 152 valence electrons. The minimum absolute atomic E-state index is 0.991. The second-order valence-corrected chi connectivity index (χ2v) is 7.95. The SMILES string of the molecule is CCCCCCc1ccc(-c2ccc(-c3ccc(CCCCC)cn3)cn2)cc1. The second-order valence-electron chi connectivity index (χ2n) is 7.95. The lowest BCUT2D eigenvalue weighted by atomic mass is 10.0. The average Bonchev–Trinajstić information content (AvgIpc) is 2.78. The number of benzene rings is 1. The molecule has 0 aliphatic rings. The molecule has 0 saturated carbocycles. The fourth-order valence-electron chi connectivity index (χ4n) is 3.64. The van der Waals surface area contributed by atoms with Gasteiger partial charge in [-0.25, -0.2) is 0 Å². The third-order valence-electron chi connectivity index (χ3n) is 5.52. The highest BCUT2D eigenvalue weighted by Gasteiger charge is 2.04. The first-order chi connectivity index (χ1) is 14.3. The Labute approximate surface area is 176 Å². The van der Waals surface area contributed by atoms with Crippen molar-refractivity contribution < 1.29 is 0 Å². The van der Waals surface area contributed by atoms with Gasteiger partial charge in [0.1, 0.15) is 0 Å². The third kappa shape index (κ3) is 6.52. The molecule has 2 heteroatoms. The summed E-state index contributed by atoms with van der Waals surface area (Å²) in [6, 6.07) is 17.4. The van der Waals surface area contributed by atoms with Gasteiger partial charge in [-0.2, -0.15) is 0 Å². The van der Waals surface area contributed by atoms with E-state index in [1.54, 1.807) is 0 Å². The van der Waals surface area contributed by atoms with Crippen LogP contribution in [0.2, 0.25) is 0 Å². The highest BCUT2D eigenvalue weighted by atomic mass is 14.7. The van der Waals surface area contributed by atoms with Crippen LogP contribution in [-0.4, -0.2) is 9.97 Å². The molecule has 2 aromatic heterocycles. The summed E-state index contributed by atoms with van der Waals surface area (Å²) < 4.78 is 0. The van der Waals surface area contributed by atoms with Gasteiger partial charge in [-0.15, -0.1) is 0 Å². The lowest BCUT2D eigenvalue weighted by molar-refractivity contribution is 0.667. The predicted molar refractivity (Wildman–Crippen MR) is 124 cm³/mol. The van der Waals surface area contributed by atoms with E-state index in [0.29, 0.717) is 0 Å². The van der Waals surface area contributed by atoms with E-state index in [9.17, 15) is 0 Å². The van der Waals surface area contributed by atoms with Crippen LogP contribution in [0.5, 0.6) is 0 Å². The van der Waals surface area contributed by atoms with Gasteiger partial charge in [0.25, 0.3) is 0 Å². The van der Waals surface area contributed by atoms with Gasteiger partial charge >= 0.3 is 0 Å². The van der Waals surface area contributed by atoms with Crippen LogP contribution in [0.15, 0.2) is 60.9 Å². The third-order valence-corrected chi connectivity index (χ3v) is 5.52. The summed E-state index contributed by atoms with van der Waals surface area (Å²) in [5.41, 5.74) is 6.99. The molecule has 0 saturated heterocycles. The fraction of sp³-hybridized carbons (Fsp3) is 0.407. The lowest BCUT2D eigenvalue weighted by Gasteiger charge is -2.06. The van der Waals surface area contributed by atoms with E-state index in [4.69, 9.17) is 0 Å². The van der Waals surface area contributed by atoms with Crippen LogP contribution in [0.3, 0.4) is 0 Å². The van der Waals surface area contributed by atoms with Gasteiger partial charge in [-0.1, -0.05) is 76.3 Å². The van der Waals surface area contributed by atoms with Gasteiger partial charge in [-0.3, -0.25) is 9.97 Å². The minimum Gasteiger partial charge on any atom is -0.256 e. The monoisotopic (exact) mass is 386 g/mol. The zero-order valence-corrected chi connectivity index (χ0v) is 18.0. The van der Waals surface area contributed by atoms with Crippen molar-refractivity contribution >= 4 is 0 Å². The first-order valence-electron chi connectivity index (χ1n) is 11.3. The quantitative estimate of drug-likeness (QED) is 0.316. The molecule has 0 fully saturated rings. The molecule has 0 spiro atoms. The van der Waals surface area contributed by atoms with Crippen molar-refractivity contribution in [1.29, 1.82) is 0 Å². The molecule has 2 nitrogen and oxygen atoms in total. The Morgan fingerprint density at radius 1 is 0.517 bits per heavy atom. The van der Waals surface area contributed by atoms with E-state index >= 15 is 0 Å². The Balaban J connectivity index is 1.59. The molecular formula is C27H34N2. The molecule has 0 amide bonds. The number of rotatable bonds is 11. The van der Waals surface area contributed by atoms with Crippen LogP contribution in [0.1, 0.15) is 69.9 Å². The summed E-state index contributed by atoms with van der Waals surface area (Å²) in [4.78, 5) is 9.33. The smallest absolute Gasteiger partial charge is 0.0717 e. The second kappa shape index (κ2) is 11.5. The molecule has 2 heterocycles. The van der Waals surface area contributed by atoms with Crippen molar-refractivity contribution in [2.45, 2.75) is 71.6 Å². The van der Waals surface area contributed by atoms with Crippen molar-refractivity contribution in [3.63, 3.8) is 0 Å². The van der Waals surface area contributed by atoms with Crippen molar-refractivity contribution in [3.05, 3.63) is 72.1 Å². The highest BCUT2D eigenvalue weighted by Crippen LogP contribution is 2.22. The van der Waals surface area contributed by atoms with Gasteiger partial charge in [-0.05, 0) is 55.0 Å². The predicted octanol–water partition coefficient (Wildman–Crippen LogP) is 7.67. The molecule has 3 rings (SSSR count). The standard InChI is InChI=1S/C27H34N2/c1-3-5-7-9-10-22-12-15-24(16-13-22)26-19-17-25(21-29-26)27-18-14-23(20-28-27)11-8-6-4-2/h12-21H,3-11H2,1-2H3. The molecule has 0 N–H and O–H groups in total. The number of pyridine rings is 2. The molecule has 0 aliphatic heterocycles. The number of hydrogen-bond donors (Lipinski definition) is 0. The van der Waals surface area contributed by atoms with Crippen molar-refractivity contribution in [3.8, 4) is 22.5 Å². The molecule has 0 radical (unpaired) electrons. The lowest BCUT2D eigenvalue weighted by Crippen LogP contribution is -1.91. The Kier molecular flexibility index (Phi) is 8.42. The van der Waals surface area contributed by atoms with Crippen LogP contribution < -0.4 is 0 Å². The van der Waals surface area contributed by atoms with Gasteiger partial charge in [0.2, 0.25) is 0 Å². The van der Waals surface area contributed by atoms with Crippen molar-refractivity contribution in [2.75, 3.05) is 0 Å². The largest absolute Gasteiger partial charge is 0.256 e. The summed E-state index contributed by atoms with van der Waals surface area (Å²) in [5.74, 6) is 0. The molecule has 0 aliphatic carbocycles. The number of hydrogen-bond acceptors (Lipinski definition) is 2. The van der Waals surface area contributed by atoms with Crippen LogP contribution in [0.25, 0.3) is 22.5 Å². The summed E-state index contributed by atoms with van der Waals surface area (Å²) in [7, 11) is 0. The minimum atomic E-state index is 0.991. The van der Waals surface area contributed by atoms with Gasteiger partial charge < -0.3 is 0 Å². The summed E-state index contributed by atoms with van der Waals surface area (Å²) in [5, 5.41) is 0. The normalized spacial score (nSPS) is 11.0. The van der Waals surface area contributed by atoms with Crippen LogP contribution >= 0.6 is 0 Å². The first-order valence-corrected chi connectivity index (χ1v) is 11.3. The molecule has 29 heavy (non-hydrogen) atoms. The maximum Gasteiger partial charge on any atom is 0.0717 e. The number of nitrogens with zero attached hydrogens (tertiary/aromatic N) is 2. The molecule has 0 unspecified atom stereocenters. The maximum atomic E-state index is 4.68. The molecule has 0 atom stereocenters. The number of unbranched alkanes of at least 4 members (excludes halogenated alkanes) is 5. The topological polar surface area (TPSA) is 25.8 Å². The molecule has 1 aromatic carbocycles. The number of aromatic nitrogens is 2. The number of aryl methyl sites for hydroxylation is 2. The Hall–Kier alpha value is -2.48. The molecule has 0 bridgehead atoms. The molecule has 3 aromatic rings. The summed E-state index contributed by atoms with van der Waals surface area (Å²) >= 11 is 0. The Morgan fingerprint density at radius 3 is 1.72 bits per heavy atom. The van der Waals surface area contributed by atoms with E-state index in [-0.39, 0.29) is 0 Å². The fourth-order valence-corrected chi connectivity index (χ4v) is 3.64. The van der Waals surface area contributed by atoms with Crippen molar-refractivity contribution in [1.82, 2.24) is 9.97 Å². The van der Waals surface area contributed by atoms with E-state index in [2.05, 4.69) is 72.3 Å². The Bertz CT molecular complexity index is 833. The van der Waals surface area contributed by atoms with E-state index < -0.39 is 0 Å². The first kappa shape index (κ1) is 21.2. The Morgan fingerprint density at radius 2 is 1.07 bits per heavy atom. The summed E-state index contributed by atoms with van der Waals surface area (Å²) in [6.07, 6.45) is 15.3. The van der Waals surface area contributed by atoms with Gasteiger partial charge in [0.15, 0.2) is 0 Å². The zero-order chi connectivity index (χ0) is 20.3. The summed E-state index contributed by atoms with van der Waals surface area (Å²) in [6.45, 7) is 4.49. The van der Waals surface area contributed by atoms with Gasteiger partial charge in [0.05, 0.1) is 11.4 Å². The van der Waals surface area contributed by atoms with E-state index in [1.807, 2.05) is 12.4 Å². The average molecular weight is 387 g/mol. The van der Waals surface area contributed by atoms with E-state index in [0.717, 1.165) is 23.4 Å². The molecular weight excluding hydrogens is 352 g/mol. The van der Waals surface area contributed by atoms with E-state index in [1.165, 1.54) is 68.1 Å². The zero-order valence-electron chi connectivity index (χ0n) is 18.0. The van der Waals surface area contributed by atoms with Gasteiger partial charge in [0, 0.05) is 23.5 Å². The highest BCUT2D eigenvalue weighted by molar-refractivity contribution is 5.64. The van der Waals surface area contributed by atoms with Crippen LogP contribution in [0, 0.1) is 0 Å².